The van der Waals surface area contributed by atoms with Crippen LogP contribution in [0.4, 0.5) is 0 Å². The zero-order chi connectivity index (χ0) is 6.69. The van der Waals surface area contributed by atoms with Crippen LogP contribution in [-0.4, -0.2) is 20.7 Å². The van der Waals surface area contributed by atoms with Gasteiger partial charge in [0.1, 0.15) is 0 Å². The maximum atomic E-state index is 10.2. The Hall–Kier alpha value is -0.610. The molecular formula is C4H5Cl2N3O. The number of H-pyrrole nitrogens is 1. The van der Waals surface area contributed by atoms with E-state index in [-0.39, 0.29) is 18.8 Å². The Morgan fingerprint density at radius 2 is 2.50 bits per heavy atom. The number of hydrogen-bond acceptors (Lipinski definition) is 3. The molecule has 0 amide bonds. The molecule has 0 unspecified atom stereocenters. The summed E-state index contributed by atoms with van der Waals surface area (Å²) in [5.41, 5.74) is 0.565. The van der Waals surface area contributed by atoms with E-state index >= 15 is 0 Å². The van der Waals surface area contributed by atoms with Gasteiger partial charge in [-0.2, -0.15) is 15.4 Å². The van der Waals surface area contributed by atoms with E-state index in [1.807, 2.05) is 0 Å². The molecule has 0 atom stereocenters. The highest BCUT2D eigenvalue weighted by Crippen LogP contribution is 1.93. The standard InChI is InChI=1S/C4H4ClN3O.ClH/c5-4(9)1-3-2-6-8-7-3;/h2H,1H2,(H,6,7,8);1H. The number of hydrogen-bond donors (Lipinski definition) is 1. The van der Waals surface area contributed by atoms with Crippen LogP contribution in [-0.2, 0) is 11.2 Å². The van der Waals surface area contributed by atoms with E-state index < -0.39 is 5.24 Å². The molecule has 0 aliphatic carbocycles. The van der Waals surface area contributed by atoms with Crippen LogP contribution in [0.2, 0.25) is 0 Å². The lowest BCUT2D eigenvalue weighted by Gasteiger charge is -1.81. The van der Waals surface area contributed by atoms with Crippen molar-refractivity contribution in [2.24, 2.45) is 0 Å². The number of aromatic nitrogens is 3. The molecule has 0 bridgehead atoms. The predicted octanol–water partition coefficient (Wildman–Crippen LogP) is 0.534. The van der Waals surface area contributed by atoms with Crippen molar-refractivity contribution in [3.63, 3.8) is 0 Å². The highest BCUT2D eigenvalue weighted by molar-refractivity contribution is 6.63. The highest BCUT2D eigenvalue weighted by Gasteiger charge is 1.99. The molecule has 0 aliphatic rings. The van der Waals surface area contributed by atoms with Gasteiger partial charge in [-0.05, 0) is 11.6 Å². The number of rotatable bonds is 2. The molecule has 56 valence electrons. The zero-order valence-electron chi connectivity index (χ0n) is 4.87. The van der Waals surface area contributed by atoms with E-state index in [0.29, 0.717) is 5.69 Å². The van der Waals surface area contributed by atoms with Crippen molar-refractivity contribution in [1.82, 2.24) is 15.4 Å². The molecule has 10 heavy (non-hydrogen) atoms. The van der Waals surface area contributed by atoms with Crippen molar-refractivity contribution in [2.75, 3.05) is 0 Å². The molecule has 6 heteroatoms. The topological polar surface area (TPSA) is 58.6 Å². The molecule has 1 aromatic rings. The highest BCUT2D eigenvalue weighted by atomic mass is 35.5. The van der Waals surface area contributed by atoms with Gasteiger partial charge in [0.25, 0.3) is 0 Å². The molecule has 0 aromatic carbocycles. The van der Waals surface area contributed by atoms with Crippen molar-refractivity contribution in [2.45, 2.75) is 6.42 Å². The molecule has 1 aromatic heterocycles. The van der Waals surface area contributed by atoms with Crippen molar-refractivity contribution in [3.05, 3.63) is 11.9 Å². The van der Waals surface area contributed by atoms with Crippen LogP contribution in [0, 0.1) is 0 Å². The van der Waals surface area contributed by atoms with Crippen LogP contribution in [0.15, 0.2) is 6.20 Å². The third-order valence-corrected chi connectivity index (χ3v) is 0.919. The third-order valence-electron chi connectivity index (χ3n) is 0.785. The summed E-state index contributed by atoms with van der Waals surface area (Å²) in [6, 6.07) is 0. The Bertz CT molecular complexity index is 198. The number of nitrogens with one attached hydrogen (secondary N) is 1. The first-order valence-electron chi connectivity index (χ1n) is 2.32. The van der Waals surface area contributed by atoms with E-state index in [4.69, 9.17) is 11.6 Å². The summed E-state index contributed by atoms with van der Waals surface area (Å²) in [5.74, 6) is 0. The fourth-order valence-electron chi connectivity index (χ4n) is 0.453. The summed E-state index contributed by atoms with van der Waals surface area (Å²) >= 11 is 5.05. The largest absolute Gasteiger partial charge is 0.281 e. The van der Waals surface area contributed by atoms with Crippen molar-refractivity contribution in [3.8, 4) is 0 Å². The van der Waals surface area contributed by atoms with Crippen LogP contribution in [0.5, 0.6) is 0 Å². The number of nitrogens with zero attached hydrogens (tertiary/aromatic N) is 2. The minimum atomic E-state index is -0.427. The number of carbonyl (C=O) groups excluding carboxylic acids is 1. The van der Waals surface area contributed by atoms with Gasteiger partial charge < -0.3 is 0 Å². The molecule has 1 N–H and O–H groups in total. The summed E-state index contributed by atoms with van der Waals surface area (Å²) in [4.78, 5) is 10.2. The molecule has 1 rings (SSSR count). The van der Waals surface area contributed by atoms with Crippen LogP contribution >= 0.6 is 24.0 Å². The lowest BCUT2D eigenvalue weighted by molar-refractivity contribution is -0.111. The van der Waals surface area contributed by atoms with Crippen molar-refractivity contribution >= 4 is 29.3 Å². The molecule has 0 saturated carbocycles. The first-order chi connectivity index (χ1) is 4.29. The Labute approximate surface area is 68.4 Å². The fraction of sp³-hybridized carbons (Fsp3) is 0.250. The van der Waals surface area contributed by atoms with Gasteiger partial charge >= 0.3 is 0 Å². The van der Waals surface area contributed by atoms with E-state index in [0.717, 1.165) is 0 Å². The minimum absolute atomic E-state index is 0. The van der Waals surface area contributed by atoms with Crippen molar-refractivity contribution < 1.29 is 4.79 Å². The van der Waals surface area contributed by atoms with Gasteiger partial charge in [-0.15, -0.1) is 12.4 Å². The first kappa shape index (κ1) is 9.39. The van der Waals surface area contributed by atoms with Gasteiger partial charge in [-0.25, -0.2) is 0 Å². The second-order valence-electron chi connectivity index (χ2n) is 1.49. The van der Waals surface area contributed by atoms with Gasteiger partial charge in [0.05, 0.1) is 18.3 Å². The molecule has 0 aliphatic heterocycles. The Balaban J connectivity index is 0.000000810. The molecule has 0 spiro atoms. The maximum Gasteiger partial charge on any atom is 0.227 e. The van der Waals surface area contributed by atoms with Crippen LogP contribution < -0.4 is 0 Å². The summed E-state index contributed by atoms with van der Waals surface area (Å²) in [6.07, 6.45) is 1.60. The van der Waals surface area contributed by atoms with E-state index in [1.165, 1.54) is 6.20 Å². The lowest BCUT2D eigenvalue weighted by atomic mass is 10.4. The van der Waals surface area contributed by atoms with Gasteiger partial charge in [0.2, 0.25) is 5.24 Å². The molecule has 0 radical (unpaired) electrons. The molecule has 4 nitrogen and oxygen atoms in total. The summed E-state index contributed by atoms with van der Waals surface area (Å²) in [6.45, 7) is 0. The predicted molar refractivity (Wildman–Crippen MR) is 38.2 cm³/mol. The van der Waals surface area contributed by atoms with Gasteiger partial charge in [-0.1, -0.05) is 0 Å². The SMILES string of the molecule is Cl.O=C(Cl)Cc1cn[nH]n1. The lowest BCUT2D eigenvalue weighted by Crippen LogP contribution is -1.92. The van der Waals surface area contributed by atoms with Crippen LogP contribution in [0.1, 0.15) is 5.69 Å². The normalized spacial score (nSPS) is 8.50. The Kier molecular flexibility index (Phi) is 3.99. The van der Waals surface area contributed by atoms with Crippen LogP contribution in [0.25, 0.3) is 0 Å². The van der Waals surface area contributed by atoms with Gasteiger partial charge in [0, 0.05) is 0 Å². The summed E-state index contributed by atoms with van der Waals surface area (Å²) < 4.78 is 0. The quantitative estimate of drug-likeness (QED) is 0.678. The zero-order valence-corrected chi connectivity index (χ0v) is 6.45. The molecule has 1 heterocycles. The fourth-order valence-corrected chi connectivity index (χ4v) is 0.590. The summed E-state index contributed by atoms with van der Waals surface area (Å²) in [7, 11) is 0. The van der Waals surface area contributed by atoms with Crippen molar-refractivity contribution in [1.29, 1.82) is 0 Å². The summed E-state index contributed by atoms with van der Waals surface area (Å²) in [5, 5.41) is 9.04. The smallest absolute Gasteiger partial charge is 0.227 e. The average molecular weight is 182 g/mol. The second-order valence-corrected chi connectivity index (χ2v) is 1.91. The van der Waals surface area contributed by atoms with Gasteiger partial charge in [0.15, 0.2) is 0 Å². The van der Waals surface area contributed by atoms with Crippen LogP contribution in [0.3, 0.4) is 0 Å². The van der Waals surface area contributed by atoms with Gasteiger partial charge in [-0.3, -0.25) is 4.79 Å². The monoisotopic (exact) mass is 181 g/mol. The van der Waals surface area contributed by atoms with E-state index in [1.54, 1.807) is 0 Å². The molecule has 0 fully saturated rings. The average Bonchev–Trinajstić information content (AvgIpc) is 2.15. The minimum Gasteiger partial charge on any atom is -0.281 e. The second kappa shape index (κ2) is 4.24. The number of carbonyl (C=O) groups is 1. The molecular weight excluding hydrogens is 177 g/mol. The van der Waals surface area contributed by atoms with E-state index in [9.17, 15) is 4.79 Å². The third kappa shape index (κ3) is 2.80. The Morgan fingerprint density at radius 3 is 2.90 bits per heavy atom. The van der Waals surface area contributed by atoms with E-state index in [2.05, 4.69) is 15.4 Å². The first-order valence-corrected chi connectivity index (χ1v) is 2.70. The maximum absolute atomic E-state index is 10.2. The molecule has 0 saturated heterocycles. The number of halogens is 2. The number of aromatic amines is 1. The Morgan fingerprint density at radius 1 is 1.80 bits per heavy atom.